The predicted octanol–water partition coefficient (Wildman–Crippen LogP) is 3.61. The molecule has 3 heterocycles. The number of thiazole rings is 1. The van der Waals surface area contributed by atoms with E-state index in [1.165, 1.54) is 0 Å². The molecular weight excluding hydrogens is 312 g/mol. The van der Waals surface area contributed by atoms with Gasteiger partial charge in [-0.15, -0.1) is 11.3 Å². The fraction of sp³-hybridized carbons (Fsp3) is 0.294. The molecule has 5 nitrogen and oxygen atoms in total. The average Bonchev–Trinajstić information content (AvgIpc) is 3.25. The van der Waals surface area contributed by atoms with E-state index in [2.05, 4.69) is 4.98 Å². The fourth-order valence-electron chi connectivity index (χ4n) is 3.05. The SMILES string of the molecule is O=C(O)[C@@H]1CCCN1Cc1ccc(-c2nc3ccccc3s2)o1. The third-order valence-corrected chi connectivity index (χ3v) is 5.22. The van der Waals surface area contributed by atoms with E-state index in [9.17, 15) is 9.90 Å². The second-order valence-corrected chi connectivity index (χ2v) is 6.75. The Labute approximate surface area is 137 Å². The Morgan fingerprint density at radius 2 is 2.22 bits per heavy atom. The minimum Gasteiger partial charge on any atom is -0.480 e. The zero-order chi connectivity index (χ0) is 15.8. The zero-order valence-corrected chi connectivity index (χ0v) is 13.3. The lowest BCUT2D eigenvalue weighted by Crippen LogP contribution is -2.35. The summed E-state index contributed by atoms with van der Waals surface area (Å²) in [5.74, 6) is 0.778. The molecule has 118 valence electrons. The molecule has 1 N–H and O–H groups in total. The van der Waals surface area contributed by atoms with Crippen molar-refractivity contribution in [1.82, 2.24) is 9.88 Å². The first-order chi connectivity index (χ1) is 11.2. The van der Waals surface area contributed by atoms with Crippen LogP contribution in [0.5, 0.6) is 0 Å². The Bertz CT molecular complexity index is 821. The Morgan fingerprint density at radius 3 is 3.04 bits per heavy atom. The molecule has 3 aromatic rings. The van der Waals surface area contributed by atoms with Gasteiger partial charge in [-0.1, -0.05) is 12.1 Å². The van der Waals surface area contributed by atoms with Crippen LogP contribution in [-0.2, 0) is 11.3 Å². The quantitative estimate of drug-likeness (QED) is 0.792. The number of rotatable bonds is 4. The van der Waals surface area contributed by atoms with Crippen LogP contribution < -0.4 is 0 Å². The Balaban J connectivity index is 1.55. The maximum Gasteiger partial charge on any atom is 0.320 e. The van der Waals surface area contributed by atoms with Gasteiger partial charge in [0.2, 0.25) is 0 Å². The first-order valence-electron chi connectivity index (χ1n) is 7.62. The summed E-state index contributed by atoms with van der Waals surface area (Å²) >= 11 is 1.60. The average molecular weight is 328 g/mol. The van der Waals surface area contributed by atoms with Gasteiger partial charge in [0.1, 0.15) is 11.8 Å². The van der Waals surface area contributed by atoms with Gasteiger partial charge in [-0.05, 0) is 43.7 Å². The van der Waals surface area contributed by atoms with Gasteiger partial charge in [-0.2, -0.15) is 0 Å². The van der Waals surface area contributed by atoms with Crippen LogP contribution >= 0.6 is 11.3 Å². The van der Waals surface area contributed by atoms with E-state index < -0.39 is 12.0 Å². The number of carboxylic acids is 1. The number of benzene rings is 1. The molecule has 23 heavy (non-hydrogen) atoms. The zero-order valence-electron chi connectivity index (χ0n) is 12.4. The van der Waals surface area contributed by atoms with Crippen LogP contribution in [-0.4, -0.2) is 33.5 Å². The highest BCUT2D eigenvalue weighted by Crippen LogP contribution is 2.31. The van der Waals surface area contributed by atoms with E-state index in [1.54, 1.807) is 11.3 Å². The topological polar surface area (TPSA) is 66.6 Å². The lowest BCUT2D eigenvalue weighted by Gasteiger charge is -2.19. The normalized spacial score (nSPS) is 18.7. The number of carbonyl (C=O) groups is 1. The van der Waals surface area contributed by atoms with Crippen LogP contribution in [0.1, 0.15) is 18.6 Å². The lowest BCUT2D eigenvalue weighted by molar-refractivity contribution is -0.142. The molecule has 0 saturated carbocycles. The predicted molar refractivity (Wildman–Crippen MR) is 88.4 cm³/mol. The van der Waals surface area contributed by atoms with Gasteiger partial charge in [0.25, 0.3) is 0 Å². The molecule has 0 aliphatic carbocycles. The van der Waals surface area contributed by atoms with Gasteiger partial charge in [0.05, 0.1) is 16.8 Å². The standard InChI is InChI=1S/C17H16N2O3S/c20-17(21)13-5-3-9-19(13)10-11-7-8-14(22-11)16-18-12-4-1-2-6-15(12)23-16/h1-2,4,6-8,13H,3,5,9-10H2,(H,20,21)/t13-/m0/s1. The van der Waals surface area contributed by atoms with E-state index in [0.29, 0.717) is 13.0 Å². The summed E-state index contributed by atoms with van der Waals surface area (Å²) in [7, 11) is 0. The van der Waals surface area contributed by atoms with Gasteiger partial charge in [0.15, 0.2) is 10.8 Å². The molecule has 0 amide bonds. The second kappa shape index (κ2) is 5.79. The minimum absolute atomic E-state index is 0.397. The van der Waals surface area contributed by atoms with E-state index in [1.807, 2.05) is 41.3 Å². The van der Waals surface area contributed by atoms with Gasteiger partial charge < -0.3 is 9.52 Å². The summed E-state index contributed by atoms with van der Waals surface area (Å²) in [5, 5.41) is 10.1. The summed E-state index contributed by atoms with van der Waals surface area (Å²) in [6, 6.07) is 11.4. The number of fused-ring (bicyclic) bond motifs is 1. The van der Waals surface area contributed by atoms with Crippen LogP contribution in [0.4, 0.5) is 0 Å². The third-order valence-electron chi connectivity index (χ3n) is 4.17. The van der Waals surface area contributed by atoms with Gasteiger partial charge in [0, 0.05) is 0 Å². The molecule has 1 fully saturated rings. The number of hydrogen-bond donors (Lipinski definition) is 1. The van der Waals surface area contributed by atoms with Crippen LogP contribution in [0.2, 0.25) is 0 Å². The van der Waals surface area contributed by atoms with Gasteiger partial charge in [-0.3, -0.25) is 9.69 Å². The smallest absolute Gasteiger partial charge is 0.320 e. The molecule has 1 atom stereocenters. The van der Waals surface area contributed by atoms with Crippen molar-refractivity contribution in [2.75, 3.05) is 6.54 Å². The van der Waals surface area contributed by atoms with Crippen molar-refractivity contribution < 1.29 is 14.3 Å². The van der Waals surface area contributed by atoms with Crippen molar-refractivity contribution in [1.29, 1.82) is 0 Å². The molecule has 0 bridgehead atoms. The number of aliphatic carboxylic acids is 1. The fourth-order valence-corrected chi connectivity index (χ4v) is 3.98. The number of para-hydroxylation sites is 1. The number of likely N-dealkylation sites (tertiary alicyclic amines) is 1. The summed E-state index contributed by atoms with van der Waals surface area (Å²) < 4.78 is 7.03. The second-order valence-electron chi connectivity index (χ2n) is 5.72. The molecule has 0 unspecified atom stereocenters. The first-order valence-corrected chi connectivity index (χ1v) is 8.44. The number of aromatic nitrogens is 1. The van der Waals surface area contributed by atoms with Gasteiger partial charge in [-0.25, -0.2) is 4.98 Å². The Hall–Kier alpha value is -2.18. The molecule has 2 aromatic heterocycles. The molecule has 1 aliphatic heterocycles. The summed E-state index contributed by atoms with van der Waals surface area (Å²) in [4.78, 5) is 17.8. The highest BCUT2D eigenvalue weighted by molar-refractivity contribution is 7.21. The number of carboxylic acid groups (broad SMARTS) is 1. The van der Waals surface area contributed by atoms with Crippen LogP contribution in [0.25, 0.3) is 21.0 Å². The van der Waals surface area contributed by atoms with Crippen molar-refractivity contribution >= 4 is 27.5 Å². The summed E-state index contributed by atoms with van der Waals surface area (Å²) in [6.07, 6.45) is 1.63. The van der Waals surface area contributed by atoms with E-state index in [4.69, 9.17) is 4.42 Å². The number of furan rings is 1. The van der Waals surface area contributed by atoms with Crippen molar-refractivity contribution in [3.8, 4) is 10.8 Å². The molecule has 1 saturated heterocycles. The molecule has 4 rings (SSSR count). The monoisotopic (exact) mass is 328 g/mol. The molecule has 6 heteroatoms. The molecular formula is C17H16N2O3S. The van der Waals surface area contributed by atoms with Gasteiger partial charge >= 0.3 is 5.97 Å². The van der Waals surface area contributed by atoms with Crippen molar-refractivity contribution in [3.63, 3.8) is 0 Å². The van der Waals surface area contributed by atoms with Crippen LogP contribution in [0.3, 0.4) is 0 Å². The highest BCUT2D eigenvalue weighted by Gasteiger charge is 2.30. The largest absolute Gasteiger partial charge is 0.480 e. The minimum atomic E-state index is -0.750. The third kappa shape index (κ3) is 2.75. The molecule has 0 radical (unpaired) electrons. The maximum absolute atomic E-state index is 11.2. The Morgan fingerprint density at radius 1 is 1.35 bits per heavy atom. The Kier molecular flexibility index (Phi) is 3.63. The van der Waals surface area contributed by atoms with Crippen molar-refractivity contribution in [2.24, 2.45) is 0 Å². The van der Waals surface area contributed by atoms with E-state index in [0.717, 1.165) is 39.7 Å². The molecule has 1 aliphatic rings. The lowest BCUT2D eigenvalue weighted by atomic mass is 10.2. The number of nitrogens with zero attached hydrogens (tertiary/aromatic N) is 2. The van der Waals surface area contributed by atoms with E-state index in [-0.39, 0.29) is 0 Å². The summed E-state index contributed by atoms with van der Waals surface area (Å²) in [6.45, 7) is 1.33. The molecule has 0 spiro atoms. The van der Waals surface area contributed by atoms with Crippen molar-refractivity contribution in [2.45, 2.75) is 25.4 Å². The number of hydrogen-bond acceptors (Lipinski definition) is 5. The van der Waals surface area contributed by atoms with Crippen LogP contribution in [0, 0.1) is 0 Å². The van der Waals surface area contributed by atoms with E-state index >= 15 is 0 Å². The van der Waals surface area contributed by atoms with Crippen LogP contribution in [0.15, 0.2) is 40.8 Å². The summed E-state index contributed by atoms with van der Waals surface area (Å²) in [5.41, 5.74) is 0.968. The van der Waals surface area contributed by atoms with Crippen molar-refractivity contribution in [3.05, 3.63) is 42.2 Å². The molecule has 1 aromatic carbocycles. The highest BCUT2D eigenvalue weighted by atomic mass is 32.1. The maximum atomic E-state index is 11.2. The first kappa shape index (κ1) is 14.4.